The molecule has 0 bridgehead atoms. The molecule has 9 heteroatoms. The first-order chi connectivity index (χ1) is 10.3. The Kier molecular flexibility index (Phi) is 5.52. The minimum atomic E-state index is -1.25. The van der Waals surface area contributed by atoms with E-state index in [1.165, 1.54) is 28.0 Å². The number of hydrogen-bond acceptors (Lipinski definition) is 6. The van der Waals surface area contributed by atoms with Gasteiger partial charge in [-0.1, -0.05) is 0 Å². The van der Waals surface area contributed by atoms with E-state index in [1.807, 2.05) is 16.8 Å². The number of hydrogen-bond donors (Lipinski definition) is 1. The standard InChI is InChI=1S/C14H16N2O4S2.Na/c1-14(2)10(13(19)20)16-11(18)9(12(16)22-14)15-8(17)5-7-3-4-21-6-7;/h3-4,6,9-10,12H,5H2,1-2H3,(H,15,17)(H,19,20);/q;+1/p-1. The van der Waals surface area contributed by atoms with E-state index in [0.29, 0.717) is 0 Å². The SMILES string of the molecule is CC1(C)SC2C(NC(=O)Cc3ccsc3)C(=O)N2C1C(=O)[O-].[Na+]. The second-order valence-electron chi connectivity index (χ2n) is 5.93. The van der Waals surface area contributed by atoms with Crippen LogP contribution in [0.15, 0.2) is 16.8 Å². The predicted molar refractivity (Wildman–Crippen MR) is 81.1 cm³/mol. The van der Waals surface area contributed by atoms with Crippen molar-refractivity contribution in [2.45, 2.75) is 42.5 Å². The van der Waals surface area contributed by atoms with Crippen LogP contribution in [-0.4, -0.2) is 44.9 Å². The number of β-lactam (4-membered cyclic amide) rings is 1. The third kappa shape index (κ3) is 3.32. The average Bonchev–Trinajstić information content (AvgIpc) is 3.00. The monoisotopic (exact) mass is 362 g/mol. The molecule has 3 rings (SSSR count). The van der Waals surface area contributed by atoms with Gasteiger partial charge < -0.3 is 20.1 Å². The molecule has 2 amide bonds. The van der Waals surface area contributed by atoms with Crippen LogP contribution >= 0.6 is 23.1 Å². The van der Waals surface area contributed by atoms with Gasteiger partial charge in [0.2, 0.25) is 11.8 Å². The summed E-state index contributed by atoms with van der Waals surface area (Å²) >= 11 is 2.90. The molecule has 0 saturated carbocycles. The molecule has 23 heavy (non-hydrogen) atoms. The van der Waals surface area contributed by atoms with Crippen molar-refractivity contribution in [2.75, 3.05) is 0 Å². The second-order valence-corrected chi connectivity index (χ2v) is 8.48. The first-order valence-electron chi connectivity index (χ1n) is 6.82. The third-order valence-electron chi connectivity index (χ3n) is 3.93. The zero-order chi connectivity index (χ0) is 16.1. The molecule has 2 saturated heterocycles. The molecule has 3 heterocycles. The number of thioether (sulfide) groups is 1. The van der Waals surface area contributed by atoms with E-state index in [-0.39, 0.29) is 53.2 Å². The summed E-state index contributed by atoms with van der Waals surface area (Å²) in [5.41, 5.74) is 0.901. The molecule has 6 nitrogen and oxygen atoms in total. The Morgan fingerprint density at radius 3 is 2.70 bits per heavy atom. The Hall–Kier alpha value is -0.540. The summed E-state index contributed by atoms with van der Waals surface area (Å²) in [5, 5.41) is 17.4. The number of thiophene rings is 1. The van der Waals surface area contributed by atoms with Crippen LogP contribution in [0.1, 0.15) is 19.4 Å². The van der Waals surface area contributed by atoms with E-state index in [0.717, 1.165) is 5.56 Å². The van der Waals surface area contributed by atoms with E-state index >= 15 is 0 Å². The van der Waals surface area contributed by atoms with E-state index in [2.05, 4.69) is 5.32 Å². The van der Waals surface area contributed by atoms with Crippen LogP contribution in [0.2, 0.25) is 0 Å². The van der Waals surface area contributed by atoms with Gasteiger partial charge in [0.15, 0.2) is 0 Å². The number of amides is 2. The van der Waals surface area contributed by atoms with Gasteiger partial charge in [0, 0.05) is 4.75 Å². The van der Waals surface area contributed by atoms with Gasteiger partial charge in [-0.3, -0.25) is 9.59 Å². The van der Waals surface area contributed by atoms with E-state index < -0.39 is 22.8 Å². The maximum Gasteiger partial charge on any atom is 1.00 e. The first kappa shape index (κ1) is 18.8. The maximum absolute atomic E-state index is 12.2. The Labute approximate surface area is 164 Å². The molecule has 118 valence electrons. The van der Waals surface area contributed by atoms with Crippen LogP contribution < -0.4 is 40.0 Å². The molecule has 2 aliphatic rings. The van der Waals surface area contributed by atoms with Gasteiger partial charge in [-0.15, -0.1) is 11.8 Å². The van der Waals surface area contributed by atoms with Crippen molar-refractivity contribution in [2.24, 2.45) is 0 Å². The van der Waals surface area contributed by atoms with Crippen molar-refractivity contribution in [1.82, 2.24) is 10.2 Å². The zero-order valence-electron chi connectivity index (χ0n) is 13.1. The molecule has 1 N–H and O–H groups in total. The summed E-state index contributed by atoms with van der Waals surface area (Å²) in [6.45, 7) is 3.54. The molecule has 3 unspecified atom stereocenters. The van der Waals surface area contributed by atoms with Crippen LogP contribution in [-0.2, 0) is 20.8 Å². The van der Waals surface area contributed by atoms with Crippen LogP contribution in [0.3, 0.4) is 0 Å². The minimum absolute atomic E-state index is 0. The molecule has 0 aliphatic carbocycles. The van der Waals surface area contributed by atoms with Gasteiger partial charge in [0.25, 0.3) is 0 Å². The normalized spacial score (nSPS) is 27.7. The van der Waals surface area contributed by atoms with E-state index in [9.17, 15) is 19.5 Å². The van der Waals surface area contributed by atoms with Gasteiger partial charge in [-0.05, 0) is 36.2 Å². The zero-order valence-corrected chi connectivity index (χ0v) is 16.7. The smallest absolute Gasteiger partial charge is 0.548 e. The summed E-state index contributed by atoms with van der Waals surface area (Å²) < 4.78 is -0.633. The molecule has 3 atom stereocenters. The second kappa shape index (κ2) is 6.76. The fourth-order valence-electron chi connectivity index (χ4n) is 2.93. The molecule has 2 aliphatic heterocycles. The number of nitrogens with zero attached hydrogens (tertiary/aromatic N) is 1. The van der Waals surface area contributed by atoms with Gasteiger partial charge in [-0.2, -0.15) is 11.3 Å². The van der Waals surface area contributed by atoms with Crippen molar-refractivity contribution < 1.29 is 49.0 Å². The Morgan fingerprint density at radius 2 is 2.13 bits per heavy atom. The van der Waals surface area contributed by atoms with Gasteiger partial charge in [-0.25, -0.2) is 0 Å². The molecule has 1 aromatic heterocycles. The summed E-state index contributed by atoms with van der Waals surface area (Å²) in [5.74, 6) is -1.83. The van der Waals surface area contributed by atoms with Gasteiger partial charge in [0.05, 0.1) is 18.4 Å². The molecule has 0 radical (unpaired) electrons. The molecular formula is C14H15N2NaO4S2. The number of carboxylic acid groups (broad SMARTS) is 1. The summed E-state index contributed by atoms with van der Waals surface area (Å²) in [4.78, 5) is 36.8. The van der Waals surface area contributed by atoms with E-state index in [4.69, 9.17) is 0 Å². The summed E-state index contributed by atoms with van der Waals surface area (Å²) in [7, 11) is 0. The van der Waals surface area contributed by atoms with Crippen LogP contribution in [0.25, 0.3) is 0 Å². The largest absolute Gasteiger partial charge is 1.00 e. The number of carboxylic acids is 1. The third-order valence-corrected chi connectivity index (χ3v) is 6.23. The van der Waals surface area contributed by atoms with Crippen molar-refractivity contribution in [1.29, 1.82) is 0 Å². The van der Waals surface area contributed by atoms with Gasteiger partial charge >= 0.3 is 29.6 Å². The Morgan fingerprint density at radius 1 is 1.43 bits per heavy atom. The first-order valence-corrected chi connectivity index (χ1v) is 8.65. The number of aliphatic carboxylic acids is 1. The number of fused-ring (bicyclic) bond motifs is 1. The number of carbonyl (C=O) groups is 3. The van der Waals surface area contributed by atoms with Gasteiger partial charge in [0.1, 0.15) is 11.4 Å². The Balaban J connectivity index is 0.00000192. The van der Waals surface area contributed by atoms with Crippen molar-refractivity contribution in [3.63, 3.8) is 0 Å². The quantitative estimate of drug-likeness (QED) is 0.445. The number of nitrogens with one attached hydrogen (secondary N) is 1. The average molecular weight is 362 g/mol. The van der Waals surface area contributed by atoms with Crippen LogP contribution in [0.5, 0.6) is 0 Å². The molecule has 0 aromatic carbocycles. The fourth-order valence-corrected chi connectivity index (χ4v) is 5.22. The molecule has 0 spiro atoms. The van der Waals surface area contributed by atoms with Crippen molar-refractivity contribution in [3.8, 4) is 0 Å². The topological polar surface area (TPSA) is 89.5 Å². The maximum atomic E-state index is 12.2. The molecule has 1 aromatic rings. The minimum Gasteiger partial charge on any atom is -0.548 e. The summed E-state index contributed by atoms with van der Waals surface area (Å²) in [6.07, 6.45) is 0.220. The van der Waals surface area contributed by atoms with Crippen LogP contribution in [0, 0.1) is 0 Å². The van der Waals surface area contributed by atoms with E-state index in [1.54, 1.807) is 13.8 Å². The summed E-state index contributed by atoms with van der Waals surface area (Å²) in [6, 6.07) is 0.249. The number of rotatable bonds is 4. The fraction of sp³-hybridized carbons (Fsp3) is 0.500. The molecular weight excluding hydrogens is 347 g/mol. The molecule has 2 fully saturated rings. The Bertz CT molecular complexity index is 635. The van der Waals surface area contributed by atoms with Crippen LogP contribution in [0.4, 0.5) is 0 Å². The van der Waals surface area contributed by atoms with Crippen molar-refractivity contribution >= 4 is 40.9 Å². The number of carbonyl (C=O) groups excluding carboxylic acids is 3. The predicted octanol–water partition coefficient (Wildman–Crippen LogP) is -3.41. The van der Waals surface area contributed by atoms with Crippen molar-refractivity contribution in [3.05, 3.63) is 22.4 Å².